The molecule has 0 saturated heterocycles. The summed E-state index contributed by atoms with van der Waals surface area (Å²) in [7, 11) is 3.12. The van der Waals surface area contributed by atoms with Gasteiger partial charge in [0.1, 0.15) is 23.5 Å². The van der Waals surface area contributed by atoms with Gasteiger partial charge < -0.3 is 9.47 Å². The van der Waals surface area contributed by atoms with Crippen LogP contribution in [0.25, 0.3) is 0 Å². The van der Waals surface area contributed by atoms with E-state index >= 15 is 0 Å². The maximum Gasteiger partial charge on any atom is 0.148 e. The molecule has 0 aliphatic rings. The van der Waals surface area contributed by atoms with Crippen LogP contribution in [0.15, 0.2) is 23.2 Å². The molecule has 0 saturated carbocycles. The number of aliphatic imine (C=N–C) groups is 1. The number of nitrogens with zero attached hydrogens (tertiary/aromatic N) is 1. The van der Waals surface area contributed by atoms with Crippen molar-refractivity contribution in [1.29, 1.82) is 0 Å². The van der Waals surface area contributed by atoms with E-state index < -0.39 is 0 Å². The van der Waals surface area contributed by atoms with Gasteiger partial charge in [-0.3, -0.25) is 10.7 Å². The highest BCUT2D eigenvalue weighted by Crippen LogP contribution is 2.30. The molecule has 1 aromatic carbocycles. The molecule has 2 N–H and O–H groups in total. The van der Waals surface area contributed by atoms with E-state index in [1.807, 2.05) is 5.48 Å². The Labute approximate surface area is 81.9 Å². The highest BCUT2D eigenvalue weighted by molar-refractivity contribution is 5.65. The van der Waals surface area contributed by atoms with Crippen molar-refractivity contribution in [2.45, 2.75) is 0 Å². The van der Waals surface area contributed by atoms with Crippen LogP contribution in [0.5, 0.6) is 11.5 Å². The topological polar surface area (TPSA) is 63.1 Å². The number of rotatable bonds is 4. The van der Waals surface area contributed by atoms with Crippen LogP contribution in [0, 0.1) is 0 Å². The maximum atomic E-state index is 8.33. The molecule has 0 fully saturated rings. The van der Waals surface area contributed by atoms with Crippen LogP contribution in [-0.2, 0) is 0 Å². The van der Waals surface area contributed by atoms with E-state index in [1.54, 1.807) is 32.4 Å². The van der Waals surface area contributed by atoms with Crippen molar-refractivity contribution in [2.75, 3.05) is 14.2 Å². The lowest BCUT2D eigenvalue weighted by Gasteiger charge is -2.06. The quantitative estimate of drug-likeness (QED) is 0.433. The molecule has 76 valence electrons. The molecule has 0 aliphatic heterocycles. The fourth-order valence-electron chi connectivity index (χ4n) is 0.990. The fraction of sp³-hybridized carbons (Fsp3) is 0.222. The summed E-state index contributed by atoms with van der Waals surface area (Å²) >= 11 is 0. The van der Waals surface area contributed by atoms with Gasteiger partial charge in [-0.1, -0.05) is 0 Å². The molecule has 0 amide bonds. The van der Waals surface area contributed by atoms with E-state index in [4.69, 9.17) is 14.7 Å². The minimum atomic E-state index is 0.579. The molecule has 0 spiro atoms. The van der Waals surface area contributed by atoms with Gasteiger partial charge in [0, 0.05) is 6.07 Å². The number of methoxy groups -OCH3 is 2. The van der Waals surface area contributed by atoms with Crippen LogP contribution < -0.4 is 15.0 Å². The molecule has 0 heterocycles. The van der Waals surface area contributed by atoms with Crippen LogP contribution in [0.3, 0.4) is 0 Å². The number of hydrogen-bond donors (Lipinski definition) is 2. The zero-order chi connectivity index (χ0) is 10.4. The Morgan fingerprint density at radius 1 is 1.36 bits per heavy atom. The smallest absolute Gasteiger partial charge is 0.148 e. The zero-order valence-electron chi connectivity index (χ0n) is 8.02. The Morgan fingerprint density at radius 2 is 2.14 bits per heavy atom. The van der Waals surface area contributed by atoms with E-state index in [1.165, 1.54) is 0 Å². The largest absolute Gasteiger partial charge is 0.497 e. The molecule has 0 aromatic heterocycles. The number of nitrogens with one attached hydrogen (secondary N) is 1. The average molecular weight is 196 g/mol. The van der Waals surface area contributed by atoms with Crippen molar-refractivity contribution in [1.82, 2.24) is 5.48 Å². The average Bonchev–Trinajstić information content (AvgIpc) is 2.26. The standard InChI is InChI=1S/C9H12N2O3/c1-13-7-3-4-8(10-6-11-12)9(5-7)14-2/h3-6,12H,1-2H3,(H,10,11). The van der Waals surface area contributed by atoms with Crippen LogP contribution >= 0.6 is 0 Å². The molecule has 5 nitrogen and oxygen atoms in total. The van der Waals surface area contributed by atoms with Gasteiger partial charge >= 0.3 is 0 Å². The molecule has 0 bridgehead atoms. The SMILES string of the molecule is COc1ccc(N=CNO)c(OC)c1. The third-order valence-electron chi connectivity index (χ3n) is 1.65. The minimum absolute atomic E-state index is 0.579. The Kier molecular flexibility index (Phi) is 3.75. The normalized spacial score (nSPS) is 10.2. The molecular formula is C9H12N2O3. The monoisotopic (exact) mass is 196 g/mol. The van der Waals surface area contributed by atoms with E-state index in [0.29, 0.717) is 17.2 Å². The van der Waals surface area contributed by atoms with E-state index in [2.05, 4.69) is 4.99 Å². The van der Waals surface area contributed by atoms with Gasteiger partial charge in [-0.05, 0) is 12.1 Å². The number of ether oxygens (including phenoxy) is 2. The predicted molar refractivity (Wildman–Crippen MR) is 52.6 cm³/mol. The number of hydrogen-bond acceptors (Lipinski definition) is 4. The van der Waals surface area contributed by atoms with Gasteiger partial charge in [-0.25, -0.2) is 4.99 Å². The summed E-state index contributed by atoms with van der Waals surface area (Å²) in [6, 6.07) is 5.20. The van der Waals surface area contributed by atoms with Crippen LogP contribution in [0.2, 0.25) is 0 Å². The molecule has 1 rings (SSSR count). The first-order chi connectivity index (χ1) is 6.81. The lowest BCUT2D eigenvalue weighted by atomic mass is 10.3. The van der Waals surface area contributed by atoms with Gasteiger partial charge in [0.15, 0.2) is 0 Å². The second kappa shape index (κ2) is 5.08. The van der Waals surface area contributed by atoms with Crippen molar-refractivity contribution in [3.05, 3.63) is 18.2 Å². The summed E-state index contributed by atoms with van der Waals surface area (Å²) in [5.74, 6) is 1.27. The van der Waals surface area contributed by atoms with Crippen LogP contribution in [0.1, 0.15) is 0 Å². The summed E-state index contributed by atoms with van der Waals surface area (Å²) in [5.41, 5.74) is 2.42. The maximum absolute atomic E-state index is 8.33. The number of benzene rings is 1. The van der Waals surface area contributed by atoms with Gasteiger partial charge in [-0.2, -0.15) is 0 Å². The predicted octanol–water partition coefficient (Wildman–Crippen LogP) is 1.34. The van der Waals surface area contributed by atoms with Crippen molar-refractivity contribution in [2.24, 2.45) is 4.99 Å². The van der Waals surface area contributed by atoms with Crippen molar-refractivity contribution < 1.29 is 14.7 Å². The Hall–Kier alpha value is -1.75. The van der Waals surface area contributed by atoms with E-state index in [0.717, 1.165) is 6.34 Å². The second-order valence-electron chi connectivity index (χ2n) is 2.43. The first-order valence-electron chi connectivity index (χ1n) is 3.96. The first kappa shape index (κ1) is 10.3. The molecule has 1 aromatic rings. The lowest BCUT2D eigenvalue weighted by Crippen LogP contribution is -2.01. The molecule has 0 radical (unpaired) electrons. The summed E-state index contributed by atoms with van der Waals surface area (Å²) in [4.78, 5) is 3.90. The first-order valence-corrected chi connectivity index (χ1v) is 3.96. The third kappa shape index (κ3) is 2.37. The Bertz CT molecular complexity index is 326. The molecule has 5 heteroatoms. The summed E-state index contributed by atoms with van der Waals surface area (Å²) in [5, 5.41) is 8.33. The van der Waals surface area contributed by atoms with Crippen molar-refractivity contribution in [3.63, 3.8) is 0 Å². The van der Waals surface area contributed by atoms with E-state index in [9.17, 15) is 0 Å². The van der Waals surface area contributed by atoms with Crippen LogP contribution in [-0.4, -0.2) is 25.8 Å². The molecule has 0 aliphatic carbocycles. The van der Waals surface area contributed by atoms with Crippen molar-refractivity contribution >= 4 is 12.0 Å². The van der Waals surface area contributed by atoms with Gasteiger partial charge in [-0.15, -0.1) is 0 Å². The fourth-order valence-corrected chi connectivity index (χ4v) is 0.990. The highest BCUT2D eigenvalue weighted by atomic mass is 16.5. The van der Waals surface area contributed by atoms with Gasteiger partial charge in [0.25, 0.3) is 0 Å². The number of hydroxylamine groups is 1. The van der Waals surface area contributed by atoms with Crippen LogP contribution in [0.4, 0.5) is 5.69 Å². The summed E-state index contributed by atoms with van der Waals surface area (Å²) < 4.78 is 10.1. The van der Waals surface area contributed by atoms with Crippen molar-refractivity contribution in [3.8, 4) is 11.5 Å². The molecule has 0 atom stereocenters. The van der Waals surface area contributed by atoms with Gasteiger partial charge in [0.2, 0.25) is 0 Å². The molecule has 0 unspecified atom stereocenters. The molecular weight excluding hydrogens is 184 g/mol. The summed E-state index contributed by atoms with van der Waals surface area (Å²) in [6.45, 7) is 0. The lowest BCUT2D eigenvalue weighted by molar-refractivity contribution is 0.240. The molecule has 14 heavy (non-hydrogen) atoms. The highest BCUT2D eigenvalue weighted by Gasteiger charge is 2.02. The zero-order valence-corrected chi connectivity index (χ0v) is 8.02. The van der Waals surface area contributed by atoms with E-state index in [-0.39, 0.29) is 0 Å². The Balaban J connectivity index is 2.99. The third-order valence-corrected chi connectivity index (χ3v) is 1.65. The Morgan fingerprint density at radius 3 is 2.71 bits per heavy atom. The summed E-state index contributed by atoms with van der Waals surface area (Å²) in [6.07, 6.45) is 1.16. The van der Waals surface area contributed by atoms with Gasteiger partial charge in [0.05, 0.1) is 14.2 Å². The second-order valence-corrected chi connectivity index (χ2v) is 2.43. The minimum Gasteiger partial charge on any atom is -0.497 e.